The summed E-state index contributed by atoms with van der Waals surface area (Å²) in [7, 11) is 0. The molecule has 2 N–H and O–H groups in total. The van der Waals surface area contributed by atoms with E-state index in [1.807, 2.05) is 19.1 Å². The van der Waals surface area contributed by atoms with Gasteiger partial charge in [-0.2, -0.15) is 0 Å². The molecule has 0 spiro atoms. The van der Waals surface area contributed by atoms with Crippen LogP contribution >= 0.6 is 0 Å². The molecule has 1 heterocycles. The van der Waals surface area contributed by atoms with Crippen molar-refractivity contribution in [1.82, 2.24) is 10.3 Å². The third-order valence-corrected chi connectivity index (χ3v) is 3.06. The van der Waals surface area contributed by atoms with Crippen molar-refractivity contribution in [3.8, 4) is 0 Å². The van der Waals surface area contributed by atoms with Crippen molar-refractivity contribution >= 4 is 22.8 Å². The van der Waals surface area contributed by atoms with Crippen LogP contribution in [0.4, 0.5) is 0 Å². The number of para-hydroxylation sites is 1. The predicted octanol–water partition coefficient (Wildman–Crippen LogP) is 2.22. The van der Waals surface area contributed by atoms with Gasteiger partial charge in [0.1, 0.15) is 6.04 Å². The Bertz CT molecular complexity index is 635. The lowest BCUT2D eigenvalue weighted by molar-refractivity contribution is -0.139. The van der Waals surface area contributed by atoms with E-state index in [-0.39, 0.29) is 0 Å². The van der Waals surface area contributed by atoms with E-state index in [0.29, 0.717) is 23.9 Å². The number of amides is 1. The second kappa shape index (κ2) is 6.14. The number of carboxylic acids is 1. The van der Waals surface area contributed by atoms with Crippen LogP contribution in [-0.2, 0) is 4.79 Å². The number of benzene rings is 1. The van der Waals surface area contributed by atoms with E-state index >= 15 is 0 Å². The van der Waals surface area contributed by atoms with Crippen molar-refractivity contribution in [2.45, 2.75) is 25.8 Å². The molecule has 0 saturated carbocycles. The van der Waals surface area contributed by atoms with Crippen LogP contribution < -0.4 is 5.32 Å². The lowest BCUT2D eigenvalue weighted by atomic mass is 10.1. The van der Waals surface area contributed by atoms with Crippen LogP contribution in [0.2, 0.25) is 0 Å². The Morgan fingerprint density at radius 2 is 2.05 bits per heavy atom. The molecule has 0 bridgehead atoms. The quantitative estimate of drug-likeness (QED) is 0.874. The molecule has 2 aromatic rings. The number of carboxylic acid groups (broad SMARTS) is 1. The number of hydrogen-bond donors (Lipinski definition) is 2. The first-order valence-corrected chi connectivity index (χ1v) is 6.51. The van der Waals surface area contributed by atoms with Gasteiger partial charge in [-0.3, -0.25) is 9.78 Å². The summed E-state index contributed by atoms with van der Waals surface area (Å²) in [6, 6.07) is 8.05. The van der Waals surface area contributed by atoms with Gasteiger partial charge in [0.25, 0.3) is 5.91 Å². The molecule has 2 rings (SSSR count). The summed E-state index contributed by atoms with van der Waals surface area (Å²) in [6.45, 7) is 1.88. The number of aliphatic carboxylic acids is 1. The van der Waals surface area contributed by atoms with Crippen LogP contribution in [0, 0.1) is 0 Å². The summed E-state index contributed by atoms with van der Waals surface area (Å²) < 4.78 is 0. The molecule has 5 heteroatoms. The molecule has 1 amide bonds. The second-order valence-electron chi connectivity index (χ2n) is 4.53. The fraction of sp³-hybridized carbons (Fsp3) is 0.267. The zero-order chi connectivity index (χ0) is 14.5. The van der Waals surface area contributed by atoms with Crippen molar-refractivity contribution in [3.05, 3.63) is 42.1 Å². The van der Waals surface area contributed by atoms with E-state index in [2.05, 4.69) is 10.3 Å². The largest absolute Gasteiger partial charge is 0.480 e. The monoisotopic (exact) mass is 272 g/mol. The SMILES string of the molecule is CCC[C@H](NC(=O)c1cccc2cccnc12)C(=O)O. The summed E-state index contributed by atoms with van der Waals surface area (Å²) in [5, 5.41) is 12.5. The van der Waals surface area contributed by atoms with Crippen molar-refractivity contribution in [2.24, 2.45) is 0 Å². The molecular weight excluding hydrogens is 256 g/mol. The maximum Gasteiger partial charge on any atom is 0.326 e. The topological polar surface area (TPSA) is 79.3 Å². The van der Waals surface area contributed by atoms with E-state index < -0.39 is 17.9 Å². The van der Waals surface area contributed by atoms with Crippen molar-refractivity contribution in [1.29, 1.82) is 0 Å². The fourth-order valence-corrected chi connectivity index (χ4v) is 2.07. The standard InChI is InChI=1S/C15H16N2O3/c1-2-5-12(15(19)20)17-14(18)11-8-3-6-10-7-4-9-16-13(10)11/h3-4,6-9,12H,2,5H2,1H3,(H,17,18)(H,19,20)/t12-/m0/s1. The number of fused-ring (bicyclic) bond motifs is 1. The Morgan fingerprint density at radius 1 is 1.30 bits per heavy atom. The second-order valence-corrected chi connectivity index (χ2v) is 4.53. The van der Waals surface area contributed by atoms with Gasteiger partial charge in [0.15, 0.2) is 0 Å². The minimum Gasteiger partial charge on any atom is -0.480 e. The molecule has 1 aromatic carbocycles. The van der Waals surface area contributed by atoms with Crippen LogP contribution in [0.25, 0.3) is 10.9 Å². The molecule has 1 atom stereocenters. The number of pyridine rings is 1. The van der Waals surface area contributed by atoms with Crippen LogP contribution in [0.1, 0.15) is 30.1 Å². The molecule has 0 radical (unpaired) electrons. The maximum absolute atomic E-state index is 12.2. The van der Waals surface area contributed by atoms with Gasteiger partial charge in [0, 0.05) is 11.6 Å². The minimum absolute atomic E-state index is 0.394. The first kappa shape index (κ1) is 14.0. The Kier molecular flexibility index (Phi) is 4.30. The first-order chi connectivity index (χ1) is 9.63. The average Bonchev–Trinajstić information content (AvgIpc) is 2.46. The Labute approximate surface area is 116 Å². The maximum atomic E-state index is 12.2. The van der Waals surface area contributed by atoms with Crippen LogP contribution in [0.15, 0.2) is 36.5 Å². The molecule has 0 aliphatic heterocycles. The Hall–Kier alpha value is -2.43. The molecule has 20 heavy (non-hydrogen) atoms. The van der Waals surface area contributed by atoms with Gasteiger partial charge in [-0.25, -0.2) is 4.79 Å². The molecule has 0 fully saturated rings. The number of rotatable bonds is 5. The van der Waals surface area contributed by atoms with Crippen molar-refractivity contribution in [2.75, 3.05) is 0 Å². The molecule has 5 nitrogen and oxygen atoms in total. The van der Waals surface area contributed by atoms with Gasteiger partial charge < -0.3 is 10.4 Å². The van der Waals surface area contributed by atoms with E-state index in [9.17, 15) is 9.59 Å². The smallest absolute Gasteiger partial charge is 0.326 e. The van der Waals surface area contributed by atoms with Crippen molar-refractivity contribution in [3.63, 3.8) is 0 Å². The van der Waals surface area contributed by atoms with Crippen molar-refractivity contribution < 1.29 is 14.7 Å². The van der Waals surface area contributed by atoms with Gasteiger partial charge in [0.2, 0.25) is 0 Å². The molecule has 0 saturated heterocycles. The highest BCUT2D eigenvalue weighted by Crippen LogP contribution is 2.16. The van der Waals surface area contributed by atoms with Gasteiger partial charge in [-0.15, -0.1) is 0 Å². The Balaban J connectivity index is 2.29. The van der Waals surface area contributed by atoms with E-state index in [0.717, 1.165) is 5.39 Å². The van der Waals surface area contributed by atoms with Crippen LogP contribution in [0.5, 0.6) is 0 Å². The highest BCUT2D eigenvalue weighted by Gasteiger charge is 2.20. The number of aromatic nitrogens is 1. The van der Waals surface area contributed by atoms with Gasteiger partial charge in [-0.1, -0.05) is 31.5 Å². The molecule has 0 aliphatic rings. The zero-order valence-corrected chi connectivity index (χ0v) is 11.2. The summed E-state index contributed by atoms with van der Waals surface area (Å²) in [6.07, 6.45) is 2.70. The molecule has 0 aliphatic carbocycles. The number of carbonyl (C=O) groups is 2. The van der Waals surface area contributed by atoms with Crippen LogP contribution in [-0.4, -0.2) is 28.0 Å². The molecular formula is C15H16N2O3. The normalized spacial score (nSPS) is 12.1. The highest BCUT2D eigenvalue weighted by atomic mass is 16.4. The number of nitrogens with zero attached hydrogens (tertiary/aromatic N) is 1. The summed E-state index contributed by atoms with van der Waals surface area (Å²) in [5.74, 6) is -1.43. The fourth-order valence-electron chi connectivity index (χ4n) is 2.07. The lowest BCUT2D eigenvalue weighted by Gasteiger charge is -2.14. The number of nitrogens with one attached hydrogen (secondary N) is 1. The highest BCUT2D eigenvalue weighted by molar-refractivity contribution is 6.06. The molecule has 104 valence electrons. The van der Waals surface area contributed by atoms with Gasteiger partial charge in [-0.05, 0) is 18.6 Å². The van der Waals surface area contributed by atoms with E-state index in [4.69, 9.17) is 5.11 Å². The third-order valence-electron chi connectivity index (χ3n) is 3.06. The van der Waals surface area contributed by atoms with Gasteiger partial charge >= 0.3 is 5.97 Å². The third kappa shape index (κ3) is 2.93. The van der Waals surface area contributed by atoms with Crippen LogP contribution in [0.3, 0.4) is 0 Å². The number of carbonyl (C=O) groups excluding carboxylic acids is 1. The Morgan fingerprint density at radius 3 is 2.75 bits per heavy atom. The van der Waals surface area contributed by atoms with E-state index in [1.165, 1.54) is 0 Å². The van der Waals surface area contributed by atoms with E-state index in [1.54, 1.807) is 24.4 Å². The zero-order valence-electron chi connectivity index (χ0n) is 11.2. The molecule has 0 unspecified atom stereocenters. The number of hydrogen-bond acceptors (Lipinski definition) is 3. The first-order valence-electron chi connectivity index (χ1n) is 6.51. The summed E-state index contributed by atoms with van der Waals surface area (Å²) >= 11 is 0. The average molecular weight is 272 g/mol. The molecule has 1 aromatic heterocycles. The van der Waals surface area contributed by atoms with Gasteiger partial charge in [0.05, 0.1) is 11.1 Å². The summed E-state index contributed by atoms with van der Waals surface area (Å²) in [4.78, 5) is 27.5. The summed E-state index contributed by atoms with van der Waals surface area (Å²) in [5.41, 5.74) is 0.971. The lowest BCUT2D eigenvalue weighted by Crippen LogP contribution is -2.40. The minimum atomic E-state index is -1.02. The predicted molar refractivity (Wildman–Crippen MR) is 75.5 cm³/mol.